The van der Waals surface area contributed by atoms with Crippen LogP contribution in [-0.2, 0) is 17.7 Å². The van der Waals surface area contributed by atoms with Crippen molar-refractivity contribution in [1.29, 1.82) is 0 Å². The van der Waals surface area contributed by atoms with Gasteiger partial charge in [0, 0.05) is 19.6 Å². The van der Waals surface area contributed by atoms with Crippen molar-refractivity contribution in [3.63, 3.8) is 0 Å². The Kier molecular flexibility index (Phi) is 6.45. The monoisotopic (exact) mass is 322 g/mol. The number of nitrogens with one attached hydrogen (secondary N) is 1. The molecule has 130 valence electrons. The summed E-state index contributed by atoms with van der Waals surface area (Å²) in [5.41, 5.74) is 1.92. The second-order valence-corrected chi connectivity index (χ2v) is 6.59. The number of hydrogen-bond donors (Lipinski definition) is 1. The van der Waals surface area contributed by atoms with Crippen molar-refractivity contribution in [2.24, 2.45) is 5.92 Å². The van der Waals surface area contributed by atoms with Gasteiger partial charge in [0.1, 0.15) is 0 Å². The van der Waals surface area contributed by atoms with E-state index in [-0.39, 0.29) is 12.1 Å². The van der Waals surface area contributed by atoms with Crippen LogP contribution in [0.1, 0.15) is 46.2 Å². The molecule has 2 heterocycles. The molecule has 1 aromatic rings. The molecule has 1 saturated heterocycles. The Balaban J connectivity index is 2.01. The third kappa shape index (κ3) is 4.70. The predicted octanol–water partition coefficient (Wildman–Crippen LogP) is 3.13. The lowest BCUT2D eigenvalue weighted by Crippen LogP contribution is -2.47. The highest BCUT2D eigenvalue weighted by atomic mass is 16.5. The lowest BCUT2D eigenvalue weighted by molar-refractivity contribution is -0.0162. The van der Waals surface area contributed by atoms with Crippen LogP contribution in [0.3, 0.4) is 0 Å². The topological polar surface area (TPSA) is 59.4 Å². The van der Waals surface area contributed by atoms with E-state index in [9.17, 15) is 4.79 Å². The van der Waals surface area contributed by atoms with Crippen LogP contribution in [0, 0.1) is 5.92 Å². The Labute approximate surface area is 139 Å². The first kappa shape index (κ1) is 17.8. The molecule has 0 aliphatic carbocycles. The maximum atomic E-state index is 12.5. The number of anilines is 1. The Morgan fingerprint density at radius 2 is 2.26 bits per heavy atom. The maximum Gasteiger partial charge on any atom is 0.322 e. The van der Waals surface area contributed by atoms with Gasteiger partial charge in [0.15, 0.2) is 0 Å². The van der Waals surface area contributed by atoms with E-state index in [1.54, 1.807) is 6.20 Å². The number of morpholine rings is 1. The molecule has 0 radical (unpaired) electrons. The lowest BCUT2D eigenvalue weighted by Gasteiger charge is -2.32. The van der Waals surface area contributed by atoms with Crippen LogP contribution in [0.2, 0.25) is 0 Å². The summed E-state index contributed by atoms with van der Waals surface area (Å²) in [5, 5.41) is 7.46. The van der Waals surface area contributed by atoms with E-state index in [1.165, 1.54) is 0 Å². The van der Waals surface area contributed by atoms with Crippen LogP contribution in [0.15, 0.2) is 6.20 Å². The summed E-state index contributed by atoms with van der Waals surface area (Å²) in [7, 11) is 0. The third-order valence-electron chi connectivity index (χ3n) is 4.10. The van der Waals surface area contributed by atoms with Crippen LogP contribution < -0.4 is 5.32 Å². The number of amides is 2. The summed E-state index contributed by atoms with van der Waals surface area (Å²) in [5.74, 6) is 0.526. The minimum Gasteiger partial charge on any atom is -0.375 e. The largest absolute Gasteiger partial charge is 0.375 e. The van der Waals surface area contributed by atoms with Crippen LogP contribution >= 0.6 is 0 Å². The third-order valence-corrected chi connectivity index (χ3v) is 4.10. The first-order valence-electron chi connectivity index (χ1n) is 8.77. The summed E-state index contributed by atoms with van der Waals surface area (Å²) in [6.45, 7) is 11.4. The zero-order valence-corrected chi connectivity index (χ0v) is 14.8. The normalized spacial score (nSPS) is 18.5. The van der Waals surface area contributed by atoms with Crippen LogP contribution in [0.25, 0.3) is 0 Å². The SMILES string of the molecule is CCC[C@@H]1CN(C(=O)Nc2cnn(CC(C)C)c2CC)CCO1. The van der Waals surface area contributed by atoms with Gasteiger partial charge in [-0.05, 0) is 18.8 Å². The molecule has 0 unspecified atom stereocenters. The molecule has 1 atom stereocenters. The molecule has 1 aliphatic rings. The summed E-state index contributed by atoms with van der Waals surface area (Å²) < 4.78 is 7.70. The Hall–Kier alpha value is -1.56. The lowest BCUT2D eigenvalue weighted by atomic mass is 10.2. The minimum atomic E-state index is -0.0480. The first-order valence-corrected chi connectivity index (χ1v) is 8.77. The molecule has 23 heavy (non-hydrogen) atoms. The number of urea groups is 1. The Bertz CT molecular complexity index is 511. The van der Waals surface area contributed by atoms with E-state index in [2.05, 4.69) is 38.1 Å². The molecule has 6 nitrogen and oxygen atoms in total. The van der Waals surface area contributed by atoms with Crippen molar-refractivity contribution in [3.05, 3.63) is 11.9 Å². The standard InChI is InChI=1S/C17H30N4O2/c1-5-7-14-12-20(8-9-23-14)17(22)19-15-10-18-21(11-13(3)4)16(15)6-2/h10,13-14H,5-9,11-12H2,1-4H3,(H,19,22)/t14-/m1/s1. The molecule has 1 aliphatic heterocycles. The summed E-state index contributed by atoms with van der Waals surface area (Å²) in [6, 6.07) is -0.0480. The number of aromatic nitrogens is 2. The van der Waals surface area contributed by atoms with E-state index in [1.807, 2.05) is 9.58 Å². The van der Waals surface area contributed by atoms with Gasteiger partial charge in [0.05, 0.1) is 30.3 Å². The molecule has 0 bridgehead atoms. The average Bonchev–Trinajstić information content (AvgIpc) is 2.88. The van der Waals surface area contributed by atoms with Crippen molar-refractivity contribution >= 4 is 11.7 Å². The van der Waals surface area contributed by atoms with E-state index in [0.717, 1.165) is 37.2 Å². The molecule has 0 aromatic carbocycles. The van der Waals surface area contributed by atoms with E-state index < -0.39 is 0 Å². The zero-order valence-electron chi connectivity index (χ0n) is 14.8. The number of ether oxygens (including phenoxy) is 1. The number of hydrogen-bond acceptors (Lipinski definition) is 3. The Morgan fingerprint density at radius 1 is 1.48 bits per heavy atom. The van der Waals surface area contributed by atoms with Crippen molar-refractivity contribution < 1.29 is 9.53 Å². The number of carbonyl (C=O) groups is 1. The van der Waals surface area contributed by atoms with Gasteiger partial charge < -0.3 is 15.0 Å². The summed E-state index contributed by atoms with van der Waals surface area (Å²) in [4.78, 5) is 14.4. The highest BCUT2D eigenvalue weighted by molar-refractivity contribution is 5.89. The molecule has 0 saturated carbocycles. The second-order valence-electron chi connectivity index (χ2n) is 6.59. The summed E-state index contributed by atoms with van der Waals surface area (Å²) >= 11 is 0. The molecular weight excluding hydrogens is 292 g/mol. The average molecular weight is 322 g/mol. The molecule has 0 spiro atoms. The van der Waals surface area contributed by atoms with Crippen molar-refractivity contribution in [1.82, 2.24) is 14.7 Å². The number of carbonyl (C=O) groups excluding carboxylic acids is 1. The van der Waals surface area contributed by atoms with Gasteiger partial charge in [0.25, 0.3) is 0 Å². The second kappa shape index (κ2) is 8.34. The van der Waals surface area contributed by atoms with Crippen LogP contribution in [-0.4, -0.2) is 46.5 Å². The van der Waals surface area contributed by atoms with Crippen LogP contribution in [0.4, 0.5) is 10.5 Å². The highest BCUT2D eigenvalue weighted by Gasteiger charge is 2.24. The fourth-order valence-electron chi connectivity index (χ4n) is 2.99. The molecule has 1 N–H and O–H groups in total. The predicted molar refractivity (Wildman–Crippen MR) is 91.7 cm³/mol. The summed E-state index contributed by atoms with van der Waals surface area (Å²) in [6.07, 6.45) is 4.85. The molecule has 2 amide bonds. The van der Waals surface area contributed by atoms with Crippen molar-refractivity contribution in [2.45, 2.75) is 59.6 Å². The molecule has 1 aromatic heterocycles. The fraction of sp³-hybridized carbons (Fsp3) is 0.765. The van der Waals surface area contributed by atoms with E-state index in [4.69, 9.17) is 4.74 Å². The van der Waals surface area contributed by atoms with Gasteiger partial charge in [0.2, 0.25) is 0 Å². The number of nitrogens with zero attached hydrogens (tertiary/aromatic N) is 3. The fourth-order valence-corrected chi connectivity index (χ4v) is 2.99. The van der Waals surface area contributed by atoms with Gasteiger partial charge >= 0.3 is 6.03 Å². The van der Waals surface area contributed by atoms with Gasteiger partial charge in [-0.2, -0.15) is 5.10 Å². The van der Waals surface area contributed by atoms with Gasteiger partial charge in [-0.3, -0.25) is 4.68 Å². The molecule has 1 fully saturated rings. The molecule has 2 rings (SSSR count). The van der Waals surface area contributed by atoms with Gasteiger partial charge in [-0.1, -0.05) is 34.1 Å². The molecule has 6 heteroatoms. The molecular formula is C17H30N4O2. The Morgan fingerprint density at radius 3 is 2.91 bits per heavy atom. The number of rotatable bonds is 6. The van der Waals surface area contributed by atoms with Crippen molar-refractivity contribution in [2.75, 3.05) is 25.0 Å². The smallest absolute Gasteiger partial charge is 0.322 e. The minimum absolute atomic E-state index is 0.0480. The van der Waals surface area contributed by atoms with Gasteiger partial charge in [-0.15, -0.1) is 0 Å². The van der Waals surface area contributed by atoms with Crippen LogP contribution in [0.5, 0.6) is 0 Å². The van der Waals surface area contributed by atoms with E-state index >= 15 is 0 Å². The maximum absolute atomic E-state index is 12.5. The first-order chi connectivity index (χ1) is 11.0. The highest BCUT2D eigenvalue weighted by Crippen LogP contribution is 2.19. The van der Waals surface area contributed by atoms with Crippen molar-refractivity contribution in [3.8, 4) is 0 Å². The zero-order chi connectivity index (χ0) is 16.8. The quantitative estimate of drug-likeness (QED) is 0.875. The van der Waals surface area contributed by atoms with Gasteiger partial charge in [-0.25, -0.2) is 4.79 Å². The van der Waals surface area contributed by atoms with E-state index in [0.29, 0.717) is 25.6 Å².